The zero-order valence-corrected chi connectivity index (χ0v) is 10.1. The van der Waals surface area contributed by atoms with E-state index in [-0.39, 0.29) is 17.2 Å². The van der Waals surface area contributed by atoms with Crippen LogP contribution in [0.2, 0.25) is 0 Å². The first-order chi connectivity index (χ1) is 7.88. The molecule has 1 aliphatic carbocycles. The van der Waals surface area contributed by atoms with E-state index in [0.29, 0.717) is 17.9 Å². The Kier molecular flexibility index (Phi) is 2.81. The second-order valence-corrected chi connectivity index (χ2v) is 5.37. The highest BCUT2D eigenvalue weighted by atomic mass is 19.1. The first-order valence-corrected chi connectivity index (χ1v) is 5.73. The van der Waals surface area contributed by atoms with Crippen LogP contribution in [0, 0.1) is 17.2 Å². The lowest BCUT2D eigenvalue weighted by atomic mass is 10.1. The standard InChI is InChI=1S/C13H17FN2O/c1-13(2)6-9(13)7-16-12(17)8-3-10(14)5-11(15)4-8/h3-5,9H,6-7,15H2,1-2H3,(H,16,17). The fourth-order valence-electron chi connectivity index (χ4n) is 1.99. The summed E-state index contributed by atoms with van der Waals surface area (Å²) in [7, 11) is 0. The van der Waals surface area contributed by atoms with Crippen LogP contribution in [0.4, 0.5) is 10.1 Å². The first-order valence-electron chi connectivity index (χ1n) is 5.73. The number of nitrogens with two attached hydrogens (primary N) is 1. The van der Waals surface area contributed by atoms with E-state index in [1.54, 1.807) is 0 Å². The van der Waals surface area contributed by atoms with Crippen LogP contribution in [0.1, 0.15) is 30.6 Å². The van der Waals surface area contributed by atoms with Gasteiger partial charge in [-0.1, -0.05) is 13.8 Å². The molecule has 3 N–H and O–H groups in total. The summed E-state index contributed by atoms with van der Waals surface area (Å²) < 4.78 is 13.1. The summed E-state index contributed by atoms with van der Waals surface area (Å²) in [5.74, 6) is -0.224. The van der Waals surface area contributed by atoms with Crippen molar-refractivity contribution >= 4 is 11.6 Å². The van der Waals surface area contributed by atoms with Crippen LogP contribution in [0.25, 0.3) is 0 Å². The van der Waals surface area contributed by atoms with E-state index in [9.17, 15) is 9.18 Å². The molecule has 2 rings (SSSR count). The summed E-state index contributed by atoms with van der Waals surface area (Å²) in [5, 5.41) is 2.81. The topological polar surface area (TPSA) is 55.1 Å². The van der Waals surface area contributed by atoms with Crippen LogP contribution in [-0.2, 0) is 0 Å². The van der Waals surface area contributed by atoms with Crippen molar-refractivity contribution in [3.63, 3.8) is 0 Å². The van der Waals surface area contributed by atoms with Crippen molar-refractivity contribution in [2.45, 2.75) is 20.3 Å². The van der Waals surface area contributed by atoms with E-state index in [0.717, 1.165) is 6.42 Å². The Morgan fingerprint density at radius 1 is 1.53 bits per heavy atom. The van der Waals surface area contributed by atoms with Gasteiger partial charge in [0.05, 0.1) is 0 Å². The van der Waals surface area contributed by atoms with E-state index >= 15 is 0 Å². The minimum atomic E-state index is -0.484. The number of hydrogen-bond acceptors (Lipinski definition) is 2. The van der Waals surface area contributed by atoms with Crippen LogP contribution in [-0.4, -0.2) is 12.5 Å². The maximum atomic E-state index is 13.1. The molecule has 1 saturated carbocycles. The molecular weight excluding hydrogens is 219 g/mol. The quantitative estimate of drug-likeness (QED) is 0.790. The summed E-state index contributed by atoms with van der Waals surface area (Å²) in [6.45, 7) is 4.98. The van der Waals surface area contributed by atoms with Crippen molar-refractivity contribution < 1.29 is 9.18 Å². The Balaban J connectivity index is 1.95. The molecule has 0 spiro atoms. The van der Waals surface area contributed by atoms with Crippen LogP contribution in [0.3, 0.4) is 0 Å². The number of halogens is 1. The number of hydrogen-bond donors (Lipinski definition) is 2. The number of carbonyl (C=O) groups is 1. The lowest BCUT2D eigenvalue weighted by Crippen LogP contribution is -2.26. The SMILES string of the molecule is CC1(C)CC1CNC(=O)c1cc(N)cc(F)c1. The van der Waals surface area contributed by atoms with E-state index in [2.05, 4.69) is 19.2 Å². The predicted molar refractivity (Wildman–Crippen MR) is 65.0 cm³/mol. The van der Waals surface area contributed by atoms with Crippen LogP contribution < -0.4 is 11.1 Å². The molecule has 1 unspecified atom stereocenters. The first kappa shape index (κ1) is 11.9. The maximum Gasteiger partial charge on any atom is 0.251 e. The molecule has 1 amide bonds. The highest BCUT2D eigenvalue weighted by Crippen LogP contribution is 2.50. The number of amides is 1. The second-order valence-electron chi connectivity index (χ2n) is 5.37. The van der Waals surface area contributed by atoms with Gasteiger partial charge in [-0.05, 0) is 36.0 Å². The largest absolute Gasteiger partial charge is 0.399 e. The van der Waals surface area contributed by atoms with E-state index in [1.807, 2.05) is 0 Å². The molecule has 0 radical (unpaired) electrons. The van der Waals surface area contributed by atoms with Crippen molar-refractivity contribution in [2.75, 3.05) is 12.3 Å². The Morgan fingerprint density at radius 3 is 2.71 bits per heavy atom. The summed E-state index contributed by atoms with van der Waals surface area (Å²) in [4.78, 5) is 11.8. The van der Waals surface area contributed by atoms with E-state index in [1.165, 1.54) is 18.2 Å². The molecule has 1 atom stereocenters. The Labute approximate surface area is 100 Å². The molecule has 0 bridgehead atoms. The van der Waals surface area contributed by atoms with Gasteiger partial charge in [-0.25, -0.2) is 4.39 Å². The number of benzene rings is 1. The van der Waals surface area contributed by atoms with Gasteiger partial charge in [0, 0.05) is 17.8 Å². The number of nitrogen functional groups attached to an aromatic ring is 1. The number of nitrogens with one attached hydrogen (secondary N) is 1. The van der Waals surface area contributed by atoms with Gasteiger partial charge in [-0.15, -0.1) is 0 Å². The van der Waals surface area contributed by atoms with Gasteiger partial charge in [0.25, 0.3) is 5.91 Å². The fourth-order valence-corrected chi connectivity index (χ4v) is 1.99. The van der Waals surface area contributed by atoms with Gasteiger partial charge in [-0.2, -0.15) is 0 Å². The molecule has 92 valence electrons. The van der Waals surface area contributed by atoms with Crippen LogP contribution in [0.5, 0.6) is 0 Å². The highest BCUT2D eigenvalue weighted by Gasteiger charge is 2.45. The molecule has 0 aromatic heterocycles. The molecule has 4 heteroatoms. The molecule has 3 nitrogen and oxygen atoms in total. The average molecular weight is 236 g/mol. The minimum absolute atomic E-state index is 0.265. The second kappa shape index (κ2) is 4.02. The molecule has 1 aliphatic rings. The number of anilines is 1. The molecule has 0 heterocycles. The van der Waals surface area contributed by atoms with Gasteiger partial charge in [-0.3, -0.25) is 4.79 Å². The minimum Gasteiger partial charge on any atom is -0.399 e. The van der Waals surface area contributed by atoms with Crippen molar-refractivity contribution in [1.29, 1.82) is 0 Å². The normalized spacial score (nSPS) is 21.0. The molecule has 1 aromatic carbocycles. The molecule has 0 aliphatic heterocycles. The van der Waals surface area contributed by atoms with E-state index in [4.69, 9.17) is 5.73 Å². The summed E-state index contributed by atoms with van der Waals surface area (Å²) in [6.07, 6.45) is 1.12. The molecule has 1 aromatic rings. The average Bonchev–Trinajstić information content (AvgIpc) is 2.81. The van der Waals surface area contributed by atoms with Gasteiger partial charge >= 0.3 is 0 Å². The zero-order valence-electron chi connectivity index (χ0n) is 10.1. The van der Waals surface area contributed by atoms with Crippen LogP contribution in [0.15, 0.2) is 18.2 Å². The predicted octanol–water partition coefficient (Wildman–Crippen LogP) is 2.18. The lowest BCUT2D eigenvalue weighted by Gasteiger charge is -2.07. The third-order valence-electron chi connectivity index (χ3n) is 3.41. The summed E-state index contributed by atoms with van der Waals surface area (Å²) >= 11 is 0. The smallest absolute Gasteiger partial charge is 0.251 e. The van der Waals surface area contributed by atoms with Gasteiger partial charge in [0.15, 0.2) is 0 Å². The molecule has 17 heavy (non-hydrogen) atoms. The lowest BCUT2D eigenvalue weighted by molar-refractivity contribution is 0.0950. The third kappa shape index (κ3) is 2.75. The van der Waals surface area contributed by atoms with Crippen molar-refractivity contribution in [3.05, 3.63) is 29.6 Å². The summed E-state index contributed by atoms with van der Waals surface area (Å²) in [5.41, 5.74) is 6.36. The Morgan fingerprint density at radius 2 is 2.18 bits per heavy atom. The van der Waals surface area contributed by atoms with E-state index < -0.39 is 5.82 Å². The van der Waals surface area contributed by atoms with Gasteiger partial charge in [0.1, 0.15) is 5.82 Å². The van der Waals surface area contributed by atoms with Gasteiger partial charge in [0.2, 0.25) is 0 Å². The van der Waals surface area contributed by atoms with Gasteiger partial charge < -0.3 is 11.1 Å². The Bertz CT molecular complexity index is 436. The van der Waals surface area contributed by atoms with Crippen molar-refractivity contribution in [2.24, 2.45) is 11.3 Å². The fraction of sp³-hybridized carbons (Fsp3) is 0.462. The number of carbonyl (C=O) groups excluding carboxylic acids is 1. The zero-order chi connectivity index (χ0) is 12.6. The summed E-state index contributed by atoms with van der Waals surface area (Å²) in [6, 6.07) is 3.88. The highest BCUT2D eigenvalue weighted by molar-refractivity contribution is 5.95. The number of rotatable bonds is 3. The van der Waals surface area contributed by atoms with Crippen molar-refractivity contribution in [1.82, 2.24) is 5.32 Å². The van der Waals surface area contributed by atoms with Crippen LogP contribution >= 0.6 is 0 Å². The molecular formula is C13H17FN2O. The monoisotopic (exact) mass is 236 g/mol. The third-order valence-corrected chi connectivity index (χ3v) is 3.41. The molecule has 0 saturated heterocycles. The maximum absolute atomic E-state index is 13.1. The molecule has 1 fully saturated rings. The van der Waals surface area contributed by atoms with Crippen molar-refractivity contribution in [3.8, 4) is 0 Å². The Hall–Kier alpha value is -1.58.